The fourth-order valence-electron chi connectivity index (χ4n) is 3.91. The molecule has 2 aromatic heterocycles. The Morgan fingerprint density at radius 3 is 1.36 bits per heavy atom. The molecule has 0 aliphatic carbocycles. The first-order valence-electron chi connectivity index (χ1n) is 11.3. The molecule has 0 saturated carbocycles. The summed E-state index contributed by atoms with van der Waals surface area (Å²) in [6.07, 6.45) is 0. The number of fused-ring (bicyclic) bond motifs is 2. The number of nitrogens with zero attached hydrogens (tertiary/aromatic N) is 2. The van der Waals surface area contributed by atoms with Crippen molar-refractivity contribution in [1.29, 1.82) is 0 Å². The second-order valence-electron chi connectivity index (χ2n) is 8.11. The lowest BCUT2D eigenvalue weighted by molar-refractivity contribution is 0.415. The molecule has 2 heterocycles. The monoisotopic (exact) mass is 478 g/mol. The van der Waals surface area contributed by atoms with Crippen molar-refractivity contribution in [3.63, 3.8) is 0 Å². The second kappa shape index (κ2) is 8.99. The number of anilines is 4. The van der Waals surface area contributed by atoms with Crippen LogP contribution in [0.1, 0.15) is 0 Å². The fraction of sp³-hybridized carbons (Fsp3) is 0.0714. The largest absolute Gasteiger partial charge is 0.497 e. The molecule has 0 fully saturated rings. The van der Waals surface area contributed by atoms with Gasteiger partial charge in [-0.05, 0) is 83.9 Å². The molecule has 0 radical (unpaired) electrons. The number of benzene rings is 4. The lowest BCUT2D eigenvalue weighted by Crippen LogP contribution is -1.90. The minimum Gasteiger partial charge on any atom is -0.497 e. The predicted octanol–water partition coefficient (Wildman–Crippen LogP) is 7.14. The van der Waals surface area contributed by atoms with Gasteiger partial charge in [0.05, 0.1) is 14.2 Å². The number of oxazole rings is 2. The van der Waals surface area contributed by atoms with Crippen LogP contribution in [-0.4, -0.2) is 24.2 Å². The maximum atomic E-state index is 5.96. The van der Waals surface area contributed by atoms with E-state index in [4.69, 9.17) is 18.3 Å². The highest BCUT2D eigenvalue weighted by Crippen LogP contribution is 2.31. The third-order valence-electron chi connectivity index (χ3n) is 5.79. The maximum absolute atomic E-state index is 5.96. The summed E-state index contributed by atoms with van der Waals surface area (Å²) in [5, 5.41) is 6.37. The van der Waals surface area contributed by atoms with E-state index in [9.17, 15) is 0 Å². The molecular weight excluding hydrogens is 456 g/mol. The first kappa shape index (κ1) is 21.5. The van der Waals surface area contributed by atoms with Crippen LogP contribution in [0.3, 0.4) is 0 Å². The molecule has 0 aliphatic heterocycles. The van der Waals surface area contributed by atoms with E-state index >= 15 is 0 Å². The number of nitrogens with one attached hydrogen (secondary N) is 2. The molecule has 0 amide bonds. The summed E-state index contributed by atoms with van der Waals surface area (Å²) in [4.78, 5) is 9.07. The highest BCUT2D eigenvalue weighted by molar-refractivity contribution is 5.86. The fourth-order valence-corrected chi connectivity index (χ4v) is 3.91. The predicted molar refractivity (Wildman–Crippen MR) is 140 cm³/mol. The zero-order valence-corrected chi connectivity index (χ0v) is 19.6. The Morgan fingerprint density at radius 2 is 0.972 bits per heavy atom. The van der Waals surface area contributed by atoms with Gasteiger partial charge < -0.3 is 28.9 Å². The Balaban J connectivity index is 1.23. The van der Waals surface area contributed by atoms with Gasteiger partial charge in [-0.25, -0.2) is 0 Å². The molecule has 6 aromatic rings. The van der Waals surface area contributed by atoms with Crippen molar-refractivity contribution in [1.82, 2.24) is 9.97 Å². The van der Waals surface area contributed by atoms with Crippen LogP contribution in [0, 0.1) is 0 Å². The van der Waals surface area contributed by atoms with Crippen molar-refractivity contribution in [2.75, 3.05) is 24.9 Å². The van der Waals surface area contributed by atoms with E-state index < -0.39 is 0 Å². The van der Waals surface area contributed by atoms with Crippen LogP contribution in [0.5, 0.6) is 11.5 Å². The van der Waals surface area contributed by atoms with Crippen LogP contribution >= 0.6 is 0 Å². The Kier molecular flexibility index (Phi) is 5.38. The van der Waals surface area contributed by atoms with E-state index in [0.717, 1.165) is 45.0 Å². The Morgan fingerprint density at radius 1 is 0.556 bits per heavy atom. The molecule has 36 heavy (non-hydrogen) atoms. The standard InChI is InChI=1S/C28H22N4O4/c1-33-21-9-5-19(6-10-21)29-27-31-23-13-3-17(15-25(23)35-27)18-4-14-24-26(16-18)36-28(32-24)30-20-7-11-22(34-2)12-8-20/h3-16H,1-2H3,(H,29,31)(H,30,32). The first-order valence-corrected chi connectivity index (χ1v) is 11.3. The lowest BCUT2D eigenvalue weighted by Gasteiger charge is -2.03. The van der Waals surface area contributed by atoms with Gasteiger partial charge in [0.1, 0.15) is 22.5 Å². The number of rotatable bonds is 7. The first-order chi connectivity index (χ1) is 17.7. The third-order valence-corrected chi connectivity index (χ3v) is 5.79. The molecule has 8 nitrogen and oxygen atoms in total. The van der Waals surface area contributed by atoms with Gasteiger partial charge in [-0.2, -0.15) is 9.97 Å². The van der Waals surface area contributed by atoms with E-state index in [-0.39, 0.29) is 0 Å². The molecule has 0 atom stereocenters. The molecule has 178 valence electrons. The zero-order valence-electron chi connectivity index (χ0n) is 19.6. The van der Waals surface area contributed by atoms with Crippen molar-refractivity contribution >= 4 is 45.6 Å². The van der Waals surface area contributed by atoms with Crippen molar-refractivity contribution < 1.29 is 18.3 Å². The lowest BCUT2D eigenvalue weighted by atomic mass is 10.1. The van der Waals surface area contributed by atoms with Crippen LogP contribution < -0.4 is 20.1 Å². The number of ether oxygens (including phenoxy) is 2. The Hall–Kier alpha value is -4.98. The van der Waals surface area contributed by atoms with Crippen molar-refractivity contribution in [3.8, 4) is 22.6 Å². The third kappa shape index (κ3) is 4.27. The van der Waals surface area contributed by atoms with Gasteiger partial charge in [0.25, 0.3) is 12.0 Å². The van der Waals surface area contributed by atoms with Crippen molar-refractivity contribution in [2.24, 2.45) is 0 Å². The second-order valence-corrected chi connectivity index (χ2v) is 8.11. The van der Waals surface area contributed by atoms with Gasteiger partial charge in [-0.3, -0.25) is 0 Å². The highest BCUT2D eigenvalue weighted by Gasteiger charge is 2.11. The van der Waals surface area contributed by atoms with E-state index in [1.165, 1.54) is 0 Å². The number of hydrogen-bond donors (Lipinski definition) is 2. The normalized spacial score (nSPS) is 11.1. The van der Waals surface area contributed by atoms with Crippen LogP contribution in [0.15, 0.2) is 93.8 Å². The molecule has 0 bridgehead atoms. The molecule has 4 aromatic carbocycles. The smallest absolute Gasteiger partial charge is 0.300 e. The minimum absolute atomic E-state index is 0.423. The van der Waals surface area contributed by atoms with Gasteiger partial charge in [0.2, 0.25) is 0 Å². The van der Waals surface area contributed by atoms with E-state index in [2.05, 4.69) is 20.6 Å². The summed E-state index contributed by atoms with van der Waals surface area (Å²) in [7, 11) is 3.28. The summed E-state index contributed by atoms with van der Waals surface area (Å²) >= 11 is 0. The summed E-state index contributed by atoms with van der Waals surface area (Å²) in [5.41, 5.74) is 6.58. The van der Waals surface area contributed by atoms with Crippen LogP contribution in [0.2, 0.25) is 0 Å². The molecule has 6 rings (SSSR count). The van der Waals surface area contributed by atoms with E-state index in [0.29, 0.717) is 23.2 Å². The number of hydrogen-bond acceptors (Lipinski definition) is 8. The SMILES string of the molecule is COc1ccc(Nc2nc3ccc(-c4ccc5nc(Nc6ccc(OC)cc6)oc5c4)cc3o2)cc1. The minimum atomic E-state index is 0.423. The molecule has 0 unspecified atom stereocenters. The van der Waals surface area contributed by atoms with E-state index in [1.807, 2.05) is 84.9 Å². The quantitative estimate of drug-likeness (QED) is 0.250. The molecular formula is C28H22N4O4. The van der Waals surface area contributed by atoms with Gasteiger partial charge in [0, 0.05) is 11.4 Å². The molecule has 8 heteroatoms. The highest BCUT2D eigenvalue weighted by atomic mass is 16.5. The van der Waals surface area contributed by atoms with Crippen LogP contribution in [0.4, 0.5) is 23.4 Å². The average molecular weight is 479 g/mol. The van der Waals surface area contributed by atoms with Gasteiger partial charge in [-0.15, -0.1) is 0 Å². The van der Waals surface area contributed by atoms with Gasteiger partial charge in [0.15, 0.2) is 11.2 Å². The molecule has 0 saturated heterocycles. The Bertz CT molecular complexity index is 1530. The Labute approximate surface area is 206 Å². The van der Waals surface area contributed by atoms with E-state index in [1.54, 1.807) is 14.2 Å². The zero-order chi connectivity index (χ0) is 24.5. The summed E-state index contributed by atoms with van der Waals surface area (Å²) in [5.74, 6) is 1.57. The van der Waals surface area contributed by atoms with Crippen LogP contribution in [-0.2, 0) is 0 Å². The topological polar surface area (TPSA) is 94.6 Å². The maximum Gasteiger partial charge on any atom is 0.300 e. The van der Waals surface area contributed by atoms with Gasteiger partial charge in [-0.1, -0.05) is 12.1 Å². The molecule has 0 aliphatic rings. The van der Waals surface area contributed by atoms with Crippen molar-refractivity contribution in [3.05, 3.63) is 84.9 Å². The summed E-state index contributed by atoms with van der Waals surface area (Å²) in [6.45, 7) is 0. The van der Waals surface area contributed by atoms with Crippen molar-refractivity contribution in [2.45, 2.75) is 0 Å². The summed E-state index contributed by atoms with van der Waals surface area (Å²) < 4.78 is 22.3. The number of methoxy groups -OCH3 is 2. The average Bonchev–Trinajstić information content (AvgIpc) is 3.51. The molecule has 0 spiro atoms. The number of aromatic nitrogens is 2. The van der Waals surface area contributed by atoms with Gasteiger partial charge >= 0.3 is 0 Å². The molecule has 2 N–H and O–H groups in total. The van der Waals surface area contributed by atoms with Crippen LogP contribution in [0.25, 0.3) is 33.3 Å². The summed E-state index contributed by atoms with van der Waals surface area (Å²) in [6, 6.07) is 27.8.